The Labute approximate surface area is 186 Å². The van der Waals surface area contributed by atoms with Gasteiger partial charge >= 0.3 is 5.97 Å². The molecule has 0 radical (unpaired) electrons. The highest BCUT2D eigenvalue weighted by molar-refractivity contribution is 5.98. The number of hydrogen-bond donors (Lipinski definition) is 1. The summed E-state index contributed by atoms with van der Waals surface area (Å²) in [6.45, 7) is 8.62. The van der Waals surface area contributed by atoms with Crippen LogP contribution in [0.25, 0.3) is 0 Å². The van der Waals surface area contributed by atoms with E-state index in [4.69, 9.17) is 4.74 Å². The van der Waals surface area contributed by atoms with Crippen LogP contribution in [-0.2, 0) is 16.6 Å². The molecule has 1 aromatic carbocycles. The lowest BCUT2D eigenvalue weighted by molar-refractivity contribution is -0.384. The van der Waals surface area contributed by atoms with Crippen molar-refractivity contribution in [2.45, 2.75) is 46.6 Å². The van der Waals surface area contributed by atoms with E-state index in [0.717, 1.165) is 31.6 Å². The smallest absolute Gasteiger partial charge is 0.339 e. The van der Waals surface area contributed by atoms with E-state index in [1.807, 2.05) is 11.8 Å². The van der Waals surface area contributed by atoms with Crippen molar-refractivity contribution in [3.63, 3.8) is 0 Å². The molecule has 1 fully saturated rings. The first-order valence-corrected chi connectivity index (χ1v) is 10.6. The number of nitrogens with one attached hydrogen (secondary N) is 1. The van der Waals surface area contributed by atoms with Crippen LogP contribution in [0.15, 0.2) is 18.2 Å². The van der Waals surface area contributed by atoms with Gasteiger partial charge in [0.05, 0.1) is 27.6 Å². The average molecular weight is 444 g/mol. The van der Waals surface area contributed by atoms with Gasteiger partial charge < -0.3 is 15.0 Å². The van der Waals surface area contributed by atoms with Crippen LogP contribution in [0, 0.1) is 29.9 Å². The first-order chi connectivity index (χ1) is 15.1. The molecule has 0 bridgehead atoms. The third-order valence-corrected chi connectivity index (χ3v) is 5.82. The van der Waals surface area contributed by atoms with Gasteiger partial charge in [-0.15, -0.1) is 0 Å². The molecule has 172 valence electrons. The van der Waals surface area contributed by atoms with E-state index >= 15 is 0 Å². The van der Waals surface area contributed by atoms with Gasteiger partial charge in [0, 0.05) is 26.2 Å². The molecule has 2 atom stereocenters. The van der Waals surface area contributed by atoms with Crippen molar-refractivity contribution >= 4 is 28.9 Å². The fourth-order valence-electron chi connectivity index (χ4n) is 3.93. The molecule has 10 nitrogen and oxygen atoms in total. The monoisotopic (exact) mass is 443 g/mol. The quantitative estimate of drug-likeness (QED) is 0.413. The molecule has 10 heteroatoms. The number of aromatic nitrogens is 2. The molecule has 0 unspecified atom stereocenters. The molecule has 0 spiro atoms. The third kappa shape index (κ3) is 4.90. The Morgan fingerprint density at radius 1 is 1.34 bits per heavy atom. The Kier molecular flexibility index (Phi) is 6.81. The second kappa shape index (κ2) is 9.37. The van der Waals surface area contributed by atoms with Crippen molar-refractivity contribution in [3.8, 4) is 0 Å². The first-order valence-electron chi connectivity index (χ1n) is 10.6. The van der Waals surface area contributed by atoms with Gasteiger partial charge in [0.1, 0.15) is 5.69 Å². The van der Waals surface area contributed by atoms with Gasteiger partial charge in [-0.2, -0.15) is 5.10 Å². The maximum Gasteiger partial charge on any atom is 0.339 e. The van der Waals surface area contributed by atoms with Crippen LogP contribution in [0.2, 0.25) is 0 Å². The van der Waals surface area contributed by atoms with Gasteiger partial charge in [0.2, 0.25) is 0 Å². The van der Waals surface area contributed by atoms with Gasteiger partial charge in [-0.05, 0) is 51.7 Å². The molecule has 2 heterocycles. The van der Waals surface area contributed by atoms with Crippen LogP contribution in [0.5, 0.6) is 0 Å². The first kappa shape index (κ1) is 23.2. The zero-order valence-electron chi connectivity index (χ0n) is 19.0. The van der Waals surface area contributed by atoms with Gasteiger partial charge in [-0.1, -0.05) is 6.92 Å². The Balaban J connectivity index is 1.73. The van der Waals surface area contributed by atoms with Crippen molar-refractivity contribution < 1.29 is 19.2 Å². The van der Waals surface area contributed by atoms with Crippen molar-refractivity contribution in [3.05, 3.63) is 45.3 Å². The molecule has 1 amide bonds. The maximum absolute atomic E-state index is 12.6. The molecule has 1 saturated heterocycles. The SMILES string of the molecule is Cc1nn(C)c(C)c1NC(=O)[C@H](C)OC(=O)c1ccc(N2CCC[C@H](C)C2)c([N+](=O)[O-])c1. The Bertz CT molecular complexity index is 1050. The minimum atomic E-state index is -1.09. The number of nitro benzene ring substituents is 1. The molecule has 32 heavy (non-hydrogen) atoms. The number of amides is 1. The van der Waals surface area contributed by atoms with E-state index in [0.29, 0.717) is 23.0 Å². The predicted octanol–water partition coefficient (Wildman–Crippen LogP) is 3.37. The van der Waals surface area contributed by atoms with E-state index in [2.05, 4.69) is 17.3 Å². The zero-order chi connectivity index (χ0) is 23.6. The minimum absolute atomic E-state index is 0.0268. The molecule has 0 aliphatic carbocycles. The molecular formula is C22H29N5O5. The number of rotatable bonds is 6. The molecule has 1 aliphatic heterocycles. The number of benzene rings is 1. The Hall–Kier alpha value is -3.43. The standard InChI is InChI=1S/C22H29N5O5/c1-13-7-6-10-26(12-13)18-9-8-17(11-19(18)27(30)31)22(29)32-16(4)21(28)23-20-14(2)24-25(5)15(20)3/h8-9,11,13,16H,6-7,10,12H2,1-5H3,(H,23,28)/t13-,16-/m0/s1. The summed E-state index contributed by atoms with van der Waals surface area (Å²) < 4.78 is 6.92. The molecule has 1 aromatic heterocycles. The number of carbonyl (C=O) groups excluding carboxylic acids is 2. The lowest BCUT2D eigenvalue weighted by atomic mass is 9.99. The summed E-state index contributed by atoms with van der Waals surface area (Å²) in [7, 11) is 1.77. The van der Waals surface area contributed by atoms with Gasteiger partial charge in [0.15, 0.2) is 6.10 Å². The van der Waals surface area contributed by atoms with E-state index < -0.39 is 22.9 Å². The molecule has 1 aliphatic rings. The highest BCUT2D eigenvalue weighted by Gasteiger charge is 2.27. The largest absolute Gasteiger partial charge is 0.449 e. The van der Waals surface area contributed by atoms with Crippen molar-refractivity contribution in [2.24, 2.45) is 13.0 Å². The van der Waals surface area contributed by atoms with E-state index in [-0.39, 0.29) is 11.3 Å². The number of piperidine rings is 1. The normalized spacial score (nSPS) is 17.0. The predicted molar refractivity (Wildman–Crippen MR) is 120 cm³/mol. The second-order valence-electron chi connectivity index (χ2n) is 8.36. The summed E-state index contributed by atoms with van der Waals surface area (Å²) in [5.74, 6) is -0.862. The van der Waals surface area contributed by atoms with Crippen molar-refractivity contribution in [1.82, 2.24) is 9.78 Å². The second-order valence-corrected chi connectivity index (χ2v) is 8.36. The van der Waals surface area contributed by atoms with E-state index in [1.54, 1.807) is 24.7 Å². The summed E-state index contributed by atoms with van der Waals surface area (Å²) in [5.41, 5.74) is 2.36. The van der Waals surface area contributed by atoms with Crippen molar-refractivity contribution in [1.29, 1.82) is 0 Å². The van der Waals surface area contributed by atoms with Crippen LogP contribution >= 0.6 is 0 Å². The Morgan fingerprint density at radius 2 is 2.06 bits per heavy atom. The third-order valence-electron chi connectivity index (χ3n) is 5.82. The number of nitro groups is 1. The molecule has 3 rings (SSSR count). The van der Waals surface area contributed by atoms with Gasteiger partial charge in [-0.3, -0.25) is 19.6 Å². The summed E-state index contributed by atoms with van der Waals surface area (Å²) in [6.07, 6.45) is 0.959. The highest BCUT2D eigenvalue weighted by Crippen LogP contribution is 2.32. The van der Waals surface area contributed by atoms with Crippen LogP contribution < -0.4 is 10.2 Å². The number of anilines is 2. The lowest BCUT2D eigenvalue weighted by Crippen LogP contribution is -2.34. The molecule has 1 N–H and O–H groups in total. The maximum atomic E-state index is 12.6. The minimum Gasteiger partial charge on any atom is -0.449 e. The molecule has 0 saturated carbocycles. The summed E-state index contributed by atoms with van der Waals surface area (Å²) >= 11 is 0. The summed E-state index contributed by atoms with van der Waals surface area (Å²) in [4.78, 5) is 38.3. The summed E-state index contributed by atoms with van der Waals surface area (Å²) in [6, 6.07) is 4.31. The number of nitrogens with zero attached hydrogens (tertiary/aromatic N) is 4. The number of carbonyl (C=O) groups is 2. The lowest BCUT2D eigenvalue weighted by Gasteiger charge is -2.32. The summed E-state index contributed by atoms with van der Waals surface area (Å²) in [5, 5.41) is 18.6. The van der Waals surface area contributed by atoms with Gasteiger partial charge in [-0.25, -0.2) is 4.79 Å². The average Bonchev–Trinajstić information content (AvgIpc) is 2.99. The number of ether oxygens (including phenoxy) is 1. The number of aryl methyl sites for hydroxylation is 2. The van der Waals surface area contributed by atoms with Crippen LogP contribution in [0.1, 0.15) is 48.4 Å². The van der Waals surface area contributed by atoms with Crippen molar-refractivity contribution in [2.75, 3.05) is 23.3 Å². The topological polar surface area (TPSA) is 120 Å². The molecule has 2 aromatic rings. The van der Waals surface area contributed by atoms with Crippen LogP contribution in [0.4, 0.5) is 17.1 Å². The highest BCUT2D eigenvalue weighted by atomic mass is 16.6. The zero-order valence-corrected chi connectivity index (χ0v) is 19.0. The fourth-order valence-corrected chi connectivity index (χ4v) is 3.93. The van der Waals surface area contributed by atoms with E-state index in [1.165, 1.54) is 19.1 Å². The Morgan fingerprint density at radius 3 is 2.66 bits per heavy atom. The van der Waals surface area contributed by atoms with Crippen LogP contribution in [-0.4, -0.2) is 45.8 Å². The number of esters is 1. The van der Waals surface area contributed by atoms with Gasteiger partial charge in [0.25, 0.3) is 11.6 Å². The van der Waals surface area contributed by atoms with Crippen LogP contribution in [0.3, 0.4) is 0 Å². The van der Waals surface area contributed by atoms with E-state index in [9.17, 15) is 19.7 Å². The number of hydrogen-bond acceptors (Lipinski definition) is 7. The fraction of sp³-hybridized carbons (Fsp3) is 0.500. The molecular weight excluding hydrogens is 414 g/mol.